The summed E-state index contributed by atoms with van der Waals surface area (Å²) in [7, 11) is 0. The van der Waals surface area contributed by atoms with Crippen LogP contribution in [0.2, 0.25) is 0 Å². The molecular formula is C21H38O2. The molecule has 0 amide bonds. The Balaban J connectivity index is 1.84. The third-order valence-corrected chi connectivity index (χ3v) is 5.34. The van der Waals surface area contributed by atoms with E-state index in [1.165, 1.54) is 77.0 Å². The minimum atomic E-state index is -0.253. The van der Waals surface area contributed by atoms with E-state index in [-0.39, 0.29) is 5.97 Å². The fourth-order valence-corrected chi connectivity index (χ4v) is 3.68. The van der Waals surface area contributed by atoms with Crippen molar-refractivity contribution in [2.24, 2.45) is 11.8 Å². The van der Waals surface area contributed by atoms with Gasteiger partial charge in [0, 0.05) is 5.57 Å². The van der Waals surface area contributed by atoms with Crippen molar-refractivity contribution in [3.8, 4) is 0 Å². The molecule has 0 bridgehead atoms. The summed E-state index contributed by atoms with van der Waals surface area (Å²) in [5.74, 6) is 1.71. The lowest BCUT2D eigenvalue weighted by atomic mass is 9.79. The molecule has 23 heavy (non-hydrogen) atoms. The fourth-order valence-electron chi connectivity index (χ4n) is 3.68. The van der Waals surface area contributed by atoms with Crippen LogP contribution in [0.5, 0.6) is 0 Å². The van der Waals surface area contributed by atoms with Gasteiger partial charge in [-0.2, -0.15) is 0 Å². The molecule has 1 unspecified atom stereocenters. The number of esters is 1. The van der Waals surface area contributed by atoms with Gasteiger partial charge in [0.2, 0.25) is 0 Å². The van der Waals surface area contributed by atoms with Crippen molar-refractivity contribution in [1.29, 1.82) is 0 Å². The molecule has 0 aromatic heterocycles. The number of carbonyl (C=O) groups excluding carboxylic acids is 1. The van der Waals surface area contributed by atoms with E-state index >= 15 is 0 Å². The zero-order valence-electron chi connectivity index (χ0n) is 15.6. The van der Waals surface area contributed by atoms with Crippen molar-refractivity contribution in [3.63, 3.8) is 0 Å². The first-order valence-corrected chi connectivity index (χ1v) is 9.94. The van der Waals surface area contributed by atoms with Gasteiger partial charge in [0.25, 0.3) is 0 Å². The fraction of sp³-hybridized carbons (Fsp3) is 0.857. The molecule has 0 saturated heterocycles. The van der Waals surface area contributed by atoms with Gasteiger partial charge in [-0.3, -0.25) is 0 Å². The molecule has 2 heteroatoms. The maximum atomic E-state index is 11.2. The maximum absolute atomic E-state index is 11.2. The van der Waals surface area contributed by atoms with E-state index in [0.717, 1.165) is 18.3 Å². The van der Waals surface area contributed by atoms with Crippen LogP contribution in [0.25, 0.3) is 0 Å². The molecular weight excluding hydrogens is 284 g/mol. The van der Waals surface area contributed by atoms with Crippen LogP contribution >= 0.6 is 0 Å². The Kier molecular flexibility index (Phi) is 11.1. The van der Waals surface area contributed by atoms with E-state index in [4.69, 9.17) is 4.74 Å². The average Bonchev–Trinajstić information content (AvgIpc) is 2.56. The van der Waals surface area contributed by atoms with E-state index in [1.54, 1.807) is 6.92 Å². The van der Waals surface area contributed by atoms with Gasteiger partial charge < -0.3 is 4.74 Å². The highest BCUT2D eigenvalue weighted by Crippen LogP contribution is 2.32. The molecule has 0 aromatic rings. The third-order valence-electron chi connectivity index (χ3n) is 5.34. The molecule has 0 aliphatic heterocycles. The van der Waals surface area contributed by atoms with Crippen LogP contribution in [-0.4, -0.2) is 12.6 Å². The highest BCUT2D eigenvalue weighted by atomic mass is 16.5. The lowest BCUT2D eigenvalue weighted by molar-refractivity contribution is -0.139. The molecule has 2 nitrogen and oxygen atoms in total. The van der Waals surface area contributed by atoms with Gasteiger partial charge in [-0.05, 0) is 25.2 Å². The number of hydrogen-bond donors (Lipinski definition) is 0. The Morgan fingerprint density at radius 3 is 2.17 bits per heavy atom. The van der Waals surface area contributed by atoms with E-state index in [2.05, 4.69) is 13.5 Å². The summed E-state index contributed by atoms with van der Waals surface area (Å²) in [6.45, 7) is 8.29. The summed E-state index contributed by atoms with van der Waals surface area (Å²) >= 11 is 0. The Labute approximate surface area is 144 Å². The first-order chi connectivity index (χ1) is 11.1. The number of rotatable bonds is 12. The molecule has 1 rings (SSSR count). The Hall–Kier alpha value is -0.790. The first-order valence-electron chi connectivity index (χ1n) is 9.94. The van der Waals surface area contributed by atoms with Gasteiger partial charge >= 0.3 is 5.97 Å². The summed E-state index contributed by atoms with van der Waals surface area (Å²) in [5.41, 5.74) is 0.493. The lowest BCUT2D eigenvalue weighted by Crippen LogP contribution is -2.15. The minimum Gasteiger partial charge on any atom is -0.462 e. The number of ether oxygens (including phenoxy) is 1. The van der Waals surface area contributed by atoms with Gasteiger partial charge in [-0.1, -0.05) is 90.6 Å². The van der Waals surface area contributed by atoms with Crippen molar-refractivity contribution in [2.45, 2.75) is 97.3 Å². The second-order valence-electron chi connectivity index (χ2n) is 7.56. The van der Waals surface area contributed by atoms with E-state index in [9.17, 15) is 4.79 Å². The van der Waals surface area contributed by atoms with Crippen molar-refractivity contribution in [3.05, 3.63) is 12.2 Å². The molecule has 1 atom stereocenters. The number of carbonyl (C=O) groups is 1. The normalized spacial score (nSPS) is 17.0. The van der Waals surface area contributed by atoms with E-state index in [1.807, 2.05) is 0 Å². The monoisotopic (exact) mass is 322 g/mol. The zero-order valence-corrected chi connectivity index (χ0v) is 15.6. The van der Waals surface area contributed by atoms with Gasteiger partial charge in [-0.15, -0.1) is 0 Å². The molecule has 0 spiro atoms. The Morgan fingerprint density at radius 2 is 1.57 bits per heavy atom. The molecule has 1 aliphatic carbocycles. The van der Waals surface area contributed by atoms with Crippen LogP contribution in [0.3, 0.4) is 0 Å². The number of hydrogen-bond acceptors (Lipinski definition) is 2. The van der Waals surface area contributed by atoms with E-state index in [0.29, 0.717) is 12.2 Å². The predicted molar refractivity (Wildman–Crippen MR) is 98.4 cm³/mol. The van der Waals surface area contributed by atoms with Crippen LogP contribution < -0.4 is 0 Å². The summed E-state index contributed by atoms with van der Waals surface area (Å²) in [6.07, 6.45) is 17.7. The SMILES string of the molecule is C=C(C)C(=O)OCCCCCCCCCC(C)C1CCCCC1. The Morgan fingerprint density at radius 1 is 1.00 bits per heavy atom. The summed E-state index contributed by atoms with van der Waals surface area (Å²) in [5, 5.41) is 0. The molecule has 1 aliphatic rings. The van der Waals surface area contributed by atoms with Crippen molar-refractivity contribution in [1.82, 2.24) is 0 Å². The van der Waals surface area contributed by atoms with Crippen LogP contribution in [0, 0.1) is 11.8 Å². The van der Waals surface area contributed by atoms with Crippen LogP contribution in [0.1, 0.15) is 97.3 Å². The minimum absolute atomic E-state index is 0.253. The van der Waals surface area contributed by atoms with E-state index < -0.39 is 0 Å². The van der Waals surface area contributed by atoms with Gasteiger partial charge in [0.1, 0.15) is 0 Å². The van der Waals surface area contributed by atoms with Crippen molar-refractivity contribution in [2.75, 3.05) is 6.61 Å². The molecule has 0 radical (unpaired) electrons. The number of unbranched alkanes of at least 4 members (excludes halogenated alkanes) is 6. The second-order valence-corrected chi connectivity index (χ2v) is 7.56. The molecule has 0 aromatic carbocycles. The zero-order chi connectivity index (χ0) is 16.9. The highest BCUT2D eigenvalue weighted by Gasteiger charge is 2.19. The van der Waals surface area contributed by atoms with Crippen molar-refractivity contribution >= 4 is 5.97 Å². The topological polar surface area (TPSA) is 26.3 Å². The quantitative estimate of drug-likeness (QED) is 0.235. The summed E-state index contributed by atoms with van der Waals surface area (Å²) < 4.78 is 5.09. The average molecular weight is 323 g/mol. The van der Waals surface area contributed by atoms with Crippen LogP contribution in [0.15, 0.2) is 12.2 Å². The van der Waals surface area contributed by atoms with Gasteiger partial charge in [0.05, 0.1) is 6.61 Å². The van der Waals surface area contributed by atoms with Crippen molar-refractivity contribution < 1.29 is 9.53 Å². The smallest absolute Gasteiger partial charge is 0.333 e. The van der Waals surface area contributed by atoms with Gasteiger partial charge in [-0.25, -0.2) is 4.79 Å². The highest BCUT2D eigenvalue weighted by molar-refractivity contribution is 5.86. The summed E-state index contributed by atoms with van der Waals surface area (Å²) in [4.78, 5) is 11.2. The summed E-state index contributed by atoms with van der Waals surface area (Å²) in [6, 6.07) is 0. The molecule has 1 saturated carbocycles. The molecule has 1 fully saturated rings. The first kappa shape index (κ1) is 20.3. The van der Waals surface area contributed by atoms with Gasteiger partial charge in [0.15, 0.2) is 0 Å². The third kappa shape index (κ3) is 9.84. The standard InChI is InChI=1S/C21H38O2/c1-18(2)21(22)23-17-13-8-6-4-5-7-10-14-19(3)20-15-11-9-12-16-20/h19-20H,1,4-17H2,2-3H3. The molecule has 0 N–H and O–H groups in total. The predicted octanol–water partition coefficient (Wildman–Crippen LogP) is 6.44. The van der Waals surface area contributed by atoms with Crippen LogP contribution in [0.4, 0.5) is 0 Å². The molecule has 0 heterocycles. The largest absolute Gasteiger partial charge is 0.462 e. The second kappa shape index (κ2) is 12.6. The maximum Gasteiger partial charge on any atom is 0.333 e. The molecule has 134 valence electrons. The lowest BCUT2D eigenvalue weighted by Gasteiger charge is -2.27. The van der Waals surface area contributed by atoms with Crippen LogP contribution in [-0.2, 0) is 9.53 Å². The Bertz CT molecular complexity index is 329.